The van der Waals surface area contributed by atoms with E-state index in [1.807, 2.05) is 6.07 Å². The van der Waals surface area contributed by atoms with Crippen molar-refractivity contribution in [3.05, 3.63) is 65.2 Å². The van der Waals surface area contributed by atoms with Gasteiger partial charge in [0.15, 0.2) is 17.2 Å². The van der Waals surface area contributed by atoms with Crippen LogP contribution in [-0.2, 0) is 16.9 Å². The summed E-state index contributed by atoms with van der Waals surface area (Å²) in [6.07, 6.45) is 0.335. The van der Waals surface area contributed by atoms with Crippen molar-refractivity contribution in [3.63, 3.8) is 0 Å². The van der Waals surface area contributed by atoms with Crippen molar-refractivity contribution in [1.82, 2.24) is 9.80 Å². The molecule has 154 valence electrons. The number of aliphatic hydroxyl groups is 1. The molecule has 3 aliphatic heterocycles. The summed E-state index contributed by atoms with van der Waals surface area (Å²) in [7, 11) is 3.11. The monoisotopic (exact) mass is 406 g/mol. The fourth-order valence-electron chi connectivity index (χ4n) is 5.11. The molecule has 7 nitrogen and oxygen atoms in total. The number of piperazine rings is 1. The van der Waals surface area contributed by atoms with Gasteiger partial charge in [-0.15, -0.1) is 0 Å². The highest BCUT2D eigenvalue weighted by Crippen LogP contribution is 2.51. The van der Waals surface area contributed by atoms with E-state index < -0.39 is 17.8 Å². The van der Waals surface area contributed by atoms with Crippen molar-refractivity contribution in [2.45, 2.75) is 31.2 Å². The number of rotatable bonds is 2. The van der Waals surface area contributed by atoms with E-state index in [4.69, 9.17) is 9.47 Å². The summed E-state index contributed by atoms with van der Waals surface area (Å²) in [6.45, 7) is 5.81. The van der Waals surface area contributed by atoms with Gasteiger partial charge in [-0.2, -0.15) is 0 Å². The first-order chi connectivity index (χ1) is 14.3. The molecule has 7 heteroatoms. The van der Waals surface area contributed by atoms with E-state index in [0.717, 1.165) is 11.1 Å². The van der Waals surface area contributed by atoms with Gasteiger partial charge in [-0.05, 0) is 37.1 Å². The first kappa shape index (κ1) is 18.7. The highest BCUT2D eigenvalue weighted by atomic mass is 16.5. The third-order valence-corrected chi connectivity index (χ3v) is 6.52. The van der Waals surface area contributed by atoms with Gasteiger partial charge in [0.05, 0.1) is 20.3 Å². The number of hydrogen-bond acceptors (Lipinski definition) is 5. The largest absolute Gasteiger partial charge is 0.493 e. The van der Waals surface area contributed by atoms with Crippen LogP contribution in [0.15, 0.2) is 43.0 Å². The van der Waals surface area contributed by atoms with E-state index in [1.54, 1.807) is 56.4 Å². The molecular formula is C23H22N2O5. The molecule has 30 heavy (non-hydrogen) atoms. The molecule has 1 N–H and O–H groups in total. The van der Waals surface area contributed by atoms with E-state index in [0.29, 0.717) is 34.7 Å². The van der Waals surface area contributed by atoms with E-state index in [-0.39, 0.29) is 11.8 Å². The molecule has 3 atom stereocenters. The summed E-state index contributed by atoms with van der Waals surface area (Å²) in [6, 6.07) is 9.10. The first-order valence-electron chi connectivity index (χ1n) is 9.77. The second kappa shape index (κ2) is 6.09. The van der Waals surface area contributed by atoms with Gasteiger partial charge in [0.25, 0.3) is 5.91 Å². The molecule has 0 saturated carbocycles. The molecule has 0 unspecified atom stereocenters. The Morgan fingerprint density at radius 3 is 2.47 bits per heavy atom. The number of nitrogens with zero attached hydrogens (tertiary/aromatic N) is 2. The lowest BCUT2D eigenvalue weighted by Gasteiger charge is -2.54. The second-order valence-electron chi connectivity index (χ2n) is 7.86. The van der Waals surface area contributed by atoms with Gasteiger partial charge in [-0.25, -0.2) is 0 Å². The van der Waals surface area contributed by atoms with Gasteiger partial charge >= 0.3 is 0 Å². The molecule has 0 radical (unpaired) electrons. The molecule has 2 aromatic carbocycles. The molecule has 3 aliphatic rings. The van der Waals surface area contributed by atoms with Crippen molar-refractivity contribution in [2.75, 3.05) is 14.2 Å². The summed E-state index contributed by atoms with van der Waals surface area (Å²) in [4.78, 5) is 29.3. The van der Waals surface area contributed by atoms with Crippen LogP contribution in [0.5, 0.6) is 11.5 Å². The zero-order valence-electron chi connectivity index (χ0n) is 17.0. The van der Waals surface area contributed by atoms with Crippen LogP contribution >= 0.6 is 0 Å². The molecule has 2 amide bonds. The van der Waals surface area contributed by atoms with Crippen LogP contribution < -0.4 is 9.47 Å². The highest BCUT2D eigenvalue weighted by molar-refractivity contribution is 6.05. The maximum Gasteiger partial charge on any atom is 0.257 e. The molecule has 0 spiro atoms. The van der Waals surface area contributed by atoms with Gasteiger partial charge in [-0.1, -0.05) is 24.8 Å². The lowest BCUT2D eigenvalue weighted by atomic mass is 9.80. The maximum absolute atomic E-state index is 13.3. The van der Waals surface area contributed by atoms with Crippen molar-refractivity contribution in [3.8, 4) is 11.5 Å². The normalized spacial score (nSPS) is 26.7. The van der Waals surface area contributed by atoms with Gasteiger partial charge in [0.1, 0.15) is 6.04 Å². The van der Waals surface area contributed by atoms with Crippen LogP contribution in [0.4, 0.5) is 0 Å². The van der Waals surface area contributed by atoms with Crippen LogP contribution in [-0.4, -0.2) is 53.0 Å². The smallest absolute Gasteiger partial charge is 0.257 e. The van der Waals surface area contributed by atoms with Crippen molar-refractivity contribution in [2.24, 2.45) is 0 Å². The topological polar surface area (TPSA) is 79.3 Å². The number of fused-ring (bicyclic) bond motifs is 6. The van der Waals surface area contributed by atoms with E-state index in [9.17, 15) is 14.7 Å². The maximum atomic E-state index is 13.3. The number of methoxy groups -OCH3 is 2. The predicted molar refractivity (Wildman–Crippen MR) is 109 cm³/mol. The molecule has 0 aromatic heterocycles. The van der Waals surface area contributed by atoms with Crippen LogP contribution in [0.1, 0.15) is 34.0 Å². The van der Waals surface area contributed by atoms with Crippen LogP contribution in [0.25, 0.3) is 5.70 Å². The Labute approximate surface area is 174 Å². The molecule has 1 saturated heterocycles. The minimum atomic E-state index is -1.64. The molecular weight excluding hydrogens is 384 g/mol. The Morgan fingerprint density at radius 1 is 1.10 bits per heavy atom. The Morgan fingerprint density at radius 2 is 1.77 bits per heavy atom. The zero-order chi connectivity index (χ0) is 21.4. The Kier molecular flexibility index (Phi) is 3.79. The van der Waals surface area contributed by atoms with Crippen molar-refractivity contribution in [1.29, 1.82) is 0 Å². The lowest BCUT2D eigenvalue weighted by Crippen LogP contribution is -2.70. The quantitative estimate of drug-likeness (QED) is 0.827. The number of amides is 2. The number of carbonyl (C=O) groups excluding carboxylic acids is 2. The Hall–Kier alpha value is -3.32. The molecule has 2 aromatic rings. The van der Waals surface area contributed by atoms with E-state index in [1.165, 1.54) is 4.90 Å². The number of carbonyl (C=O) groups is 2. The second-order valence-corrected chi connectivity index (χ2v) is 7.86. The number of ether oxygens (including phenoxy) is 2. The van der Waals surface area contributed by atoms with Crippen LogP contribution in [0.3, 0.4) is 0 Å². The summed E-state index contributed by atoms with van der Waals surface area (Å²) in [5.41, 5.74) is 1.40. The SMILES string of the molecule is C=C1c2cc(OC)c(OC)cc2C[C@@H]2N1C(=O)[C@H](C)N1C(=O)c3ccccc3[C@@]21O. The summed E-state index contributed by atoms with van der Waals surface area (Å²) in [5.74, 6) is 0.489. The summed E-state index contributed by atoms with van der Waals surface area (Å²) < 4.78 is 10.8. The first-order valence-corrected chi connectivity index (χ1v) is 9.77. The standard InChI is InChI=1S/C23H22N2O5/c1-12-16-11-19(30-4)18(29-3)9-14(16)10-20-23(28)17-8-6-5-7-15(17)22(27)25(23)13(2)21(26)24(12)20/h5-9,11,13,20,28H,1,10H2,2-4H3/t13-,20-,23+/m0/s1. The average molecular weight is 406 g/mol. The third-order valence-electron chi connectivity index (χ3n) is 6.52. The van der Waals surface area contributed by atoms with Crippen LogP contribution in [0, 0.1) is 0 Å². The van der Waals surface area contributed by atoms with Gasteiger partial charge in [0, 0.05) is 22.4 Å². The number of hydrogen-bond donors (Lipinski definition) is 1. The Balaban J connectivity index is 1.73. The minimum absolute atomic E-state index is 0.267. The van der Waals surface area contributed by atoms with Gasteiger partial charge < -0.3 is 19.5 Å². The molecule has 0 bridgehead atoms. The van der Waals surface area contributed by atoms with Crippen molar-refractivity contribution >= 4 is 17.5 Å². The zero-order valence-corrected chi connectivity index (χ0v) is 17.0. The average Bonchev–Trinajstić information content (AvgIpc) is 2.99. The summed E-state index contributed by atoms with van der Waals surface area (Å²) in [5, 5.41) is 12.0. The van der Waals surface area contributed by atoms with E-state index >= 15 is 0 Å². The fraction of sp³-hybridized carbons (Fsp3) is 0.304. The van der Waals surface area contributed by atoms with Crippen LogP contribution in [0.2, 0.25) is 0 Å². The minimum Gasteiger partial charge on any atom is -0.493 e. The predicted octanol–water partition coefficient (Wildman–Crippen LogP) is 2.13. The molecule has 0 aliphatic carbocycles. The van der Waals surface area contributed by atoms with Crippen molar-refractivity contribution < 1.29 is 24.2 Å². The lowest BCUT2D eigenvalue weighted by molar-refractivity contribution is -0.189. The van der Waals surface area contributed by atoms with Gasteiger partial charge in [0.2, 0.25) is 5.91 Å². The molecule has 5 rings (SSSR count). The fourth-order valence-corrected chi connectivity index (χ4v) is 5.11. The number of benzene rings is 2. The third kappa shape index (κ3) is 2.07. The molecule has 3 heterocycles. The highest BCUT2D eigenvalue weighted by Gasteiger charge is 2.63. The van der Waals surface area contributed by atoms with E-state index in [2.05, 4.69) is 6.58 Å². The van der Waals surface area contributed by atoms with Gasteiger partial charge in [-0.3, -0.25) is 14.5 Å². The Bertz CT molecular complexity index is 1130. The summed E-state index contributed by atoms with van der Waals surface area (Å²) >= 11 is 0. The molecule has 1 fully saturated rings.